The van der Waals surface area contributed by atoms with Gasteiger partial charge in [0.2, 0.25) is 0 Å². The van der Waals surface area contributed by atoms with E-state index in [4.69, 9.17) is 17.3 Å². The van der Waals surface area contributed by atoms with Crippen LogP contribution in [0.2, 0.25) is 0 Å². The summed E-state index contributed by atoms with van der Waals surface area (Å²) in [4.78, 5) is 12.6. The third kappa shape index (κ3) is 3.38. The first-order chi connectivity index (χ1) is 9.82. The van der Waals surface area contributed by atoms with E-state index in [2.05, 4.69) is 11.2 Å². The van der Waals surface area contributed by atoms with E-state index in [1.54, 1.807) is 12.1 Å². The highest BCUT2D eigenvalue weighted by Gasteiger charge is 2.23. The number of terminal acetylenes is 1. The number of rotatable bonds is 2. The fraction of sp³-hybridized carbons (Fsp3) is 0.308. The summed E-state index contributed by atoms with van der Waals surface area (Å²) in [5, 5.41) is 11.0. The number of nitrogens with zero attached hydrogens (tertiary/aromatic N) is 1. The number of nitrogens with two attached hydrogens (primary N) is 1. The van der Waals surface area contributed by atoms with Gasteiger partial charge >= 0.3 is 6.09 Å². The first-order valence-electron chi connectivity index (χ1n) is 6.18. The molecule has 0 spiro atoms. The van der Waals surface area contributed by atoms with Crippen LogP contribution in [0.1, 0.15) is 5.56 Å². The molecule has 1 fully saturated rings. The summed E-state index contributed by atoms with van der Waals surface area (Å²) in [5.74, 6) is 2.52. The van der Waals surface area contributed by atoms with E-state index in [1.807, 2.05) is 4.90 Å². The fourth-order valence-electron chi connectivity index (χ4n) is 2.13. The second-order valence-corrected chi connectivity index (χ2v) is 6.97. The van der Waals surface area contributed by atoms with Gasteiger partial charge in [0.25, 0.3) is 0 Å². The van der Waals surface area contributed by atoms with Crippen molar-refractivity contribution in [2.75, 3.05) is 40.5 Å². The molecule has 1 aliphatic rings. The van der Waals surface area contributed by atoms with Crippen molar-refractivity contribution in [2.45, 2.75) is 0 Å². The molecule has 0 bridgehead atoms. The van der Waals surface area contributed by atoms with Crippen LogP contribution < -0.4 is 16.0 Å². The lowest BCUT2D eigenvalue weighted by atomic mass is 10.1. The van der Waals surface area contributed by atoms with Crippen LogP contribution in [-0.2, 0) is 9.84 Å². The predicted molar refractivity (Wildman–Crippen MR) is 81.3 cm³/mol. The monoisotopic (exact) mass is 309 g/mol. The van der Waals surface area contributed by atoms with Gasteiger partial charge in [-0.1, -0.05) is 5.92 Å². The lowest BCUT2D eigenvalue weighted by Gasteiger charge is -2.29. The van der Waals surface area contributed by atoms with Crippen molar-refractivity contribution < 1.29 is 18.3 Å². The Hall–Kier alpha value is -2.40. The molecule has 2 rings (SSSR count). The smallest absolute Gasteiger partial charge is 0.409 e. The quantitative estimate of drug-likeness (QED) is 0.544. The summed E-state index contributed by atoms with van der Waals surface area (Å²) in [6.07, 6.45) is 4.13. The molecule has 4 N–H and O–H groups in total. The summed E-state index contributed by atoms with van der Waals surface area (Å²) in [5.41, 5.74) is 7.19. The van der Waals surface area contributed by atoms with E-state index in [-0.39, 0.29) is 22.9 Å². The average Bonchev–Trinajstić information content (AvgIpc) is 2.40. The van der Waals surface area contributed by atoms with Crippen molar-refractivity contribution in [2.24, 2.45) is 0 Å². The predicted octanol–water partition coefficient (Wildman–Crippen LogP) is 0.575. The first-order valence-corrected chi connectivity index (χ1v) is 8.00. The zero-order valence-corrected chi connectivity index (χ0v) is 12.0. The highest BCUT2D eigenvalue weighted by Crippen LogP contribution is 2.30. The highest BCUT2D eigenvalue weighted by atomic mass is 32.2. The van der Waals surface area contributed by atoms with Gasteiger partial charge in [-0.25, -0.2) is 13.2 Å². The van der Waals surface area contributed by atoms with E-state index >= 15 is 0 Å². The Morgan fingerprint density at radius 3 is 2.52 bits per heavy atom. The zero-order chi connectivity index (χ0) is 15.6. The molecule has 8 heteroatoms. The van der Waals surface area contributed by atoms with E-state index < -0.39 is 15.9 Å². The maximum absolute atomic E-state index is 11.4. The van der Waals surface area contributed by atoms with Crippen LogP contribution >= 0.6 is 0 Å². The van der Waals surface area contributed by atoms with Gasteiger partial charge in [-0.3, -0.25) is 5.32 Å². The minimum absolute atomic E-state index is 0.0600. The standard InChI is InChI=1S/C13H15N3O4S/c1-2-9-7-10(8-11(12(9)14)15-13(17)18)16-3-5-21(19,20)6-4-16/h1,7-8,15H,3-6,14H2,(H,17,18). The Balaban J connectivity index is 2.36. The van der Waals surface area contributed by atoms with Crippen LogP contribution in [0.3, 0.4) is 0 Å². The van der Waals surface area contributed by atoms with E-state index in [0.29, 0.717) is 24.3 Å². The molecule has 0 unspecified atom stereocenters. The zero-order valence-electron chi connectivity index (χ0n) is 11.2. The second kappa shape index (κ2) is 5.54. The maximum Gasteiger partial charge on any atom is 0.409 e. The Morgan fingerprint density at radius 2 is 2.00 bits per heavy atom. The van der Waals surface area contributed by atoms with Crippen molar-refractivity contribution in [3.8, 4) is 12.3 Å². The second-order valence-electron chi connectivity index (χ2n) is 4.67. The molecule has 7 nitrogen and oxygen atoms in total. The number of hydrogen-bond donors (Lipinski definition) is 3. The van der Waals surface area contributed by atoms with Gasteiger partial charge in [0.15, 0.2) is 9.84 Å². The molecule has 1 saturated heterocycles. The molecule has 112 valence electrons. The molecular formula is C13H15N3O4S. The van der Waals surface area contributed by atoms with E-state index in [1.165, 1.54) is 0 Å². The Kier molecular flexibility index (Phi) is 3.95. The number of nitrogens with one attached hydrogen (secondary N) is 1. The van der Waals surface area contributed by atoms with Crippen molar-refractivity contribution in [1.82, 2.24) is 0 Å². The SMILES string of the molecule is C#Cc1cc(N2CCS(=O)(=O)CC2)cc(NC(=O)O)c1N. The Labute approximate surface area is 122 Å². The lowest BCUT2D eigenvalue weighted by molar-refractivity contribution is 0.210. The Bertz CT molecular complexity index is 708. The van der Waals surface area contributed by atoms with E-state index in [0.717, 1.165) is 0 Å². The number of hydrogen-bond acceptors (Lipinski definition) is 5. The number of sulfone groups is 1. The molecule has 1 amide bonds. The normalized spacial score (nSPS) is 17.0. The van der Waals surface area contributed by atoms with Crippen LogP contribution in [0.25, 0.3) is 0 Å². The van der Waals surface area contributed by atoms with E-state index in [9.17, 15) is 13.2 Å². The van der Waals surface area contributed by atoms with Gasteiger partial charge in [0.1, 0.15) is 0 Å². The van der Waals surface area contributed by atoms with Crippen LogP contribution in [0.5, 0.6) is 0 Å². The third-order valence-corrected chi connectivity index (χ3v) is 4.88. The Morgan fingerprint density at radius 1 is 1.38 bits per heavy atom. The third-order valence-electron chi connectivity index (χ3n) is 3.27. The van der Waals surface area contributed by atoms with Crippen molar-refractivity contribution in [3.05, 3.63) is 17.7 Å². The van der Waals surface area contributed by atoms with Gasteiger partial charge in [-0.15, -0.1) is 6.42 Å². The molecular weight excluding hydrogens is 294 g/mol. The van der Waals surface area contributed by atoms with Gasteiger partial charge in [0, 0.05) is 18.8 Å². The van der Waals surface area contributed by atoms with Crippen LogP contribution in [0.15, 0.2) is 12.1 Å². The molecule has 0 radical (unpaired) electrons. The molecule has 0 saturated carbocycles. The molecule has 1 heterocycles. The summed E-state index contributed by atoms with van der Waals surface area (Å²) in [6, 6.07) is 3.21. The van der Waals surface area contributed by atoms with Gasteiger partial charge < -0.3 is 15.7 Å². The number of nitrogen functional groups attached to an aromatic ring is 1. The molecule has 21 heavy (non-hydrogen) atoms. The largest absolute Gasteiger partial charge is 0.465 e. The average molecular weight is 309 g/mol. The number of carbonyl (C=O) groups is 1. The van der Waals surface area contributed by atoms with Crippen LogP contribution in [0, 0.1) is 12.3 Å². The molecule has 0 aromatic heterocycles. The van der Waals surface area contributed by atoms with Crippen molar-refractivity contribution >= 4 is 33.0 Å². The first kappa shape index (κ1) is 15.0. The molecule has 1 aromatic carbocycles. The number of amides is 1. The minimum atomic E-state index is -2.99. The summed E-state index contributed by atoms with van der Waals surface area (Å²) >= 11 is 0. The number of benzene rings is 1. The highest BCUT2D eigenvalue weighted by molar-refractivity contribution is 7.91. The van der Waals surface area contributed by atoms with Gasteiger partial charge in [-0.2, -0.15) is 0 Å². The number of carboxylic acid groups (broad SMARTS) is 1. The van der Waals surface area contributed by atoms with Crippen LogP contribution in [0.4, 0.5) is 21.9 Å². The van der Waals surface area contributed by atoms with Crippen LogP contribution in [-0.4, -0.2) is 44.2 Å². The molecule has 1 aliphatic heterocycles. The topological polar surface area (TPSA) is 113 Å². The fourth-order valence-corrected chi connectivity index (χ4v) is 3.33. The molecule has 1 aromatic rings. The summed E-state index contributed by atoms with van der Waals surface area (Å²) in [6.45, 7) is 0.672. The van der Waals surface area contributed by atoms with Gasteiger partial charge in [0.05, 0.1) is 28.4 Å². The summed E-state index contributed by atoms with van der Waals surface area (Å²) < 4.78 is 22.9. The van der Waals surface area contributed by atoms with Crippen molar-refractivity contribution in [3.63, 3.8) is 0 Å². The molecule has 0 atom stereocenters. The lowest BCUT2D eigenvalue weighted by Crippen LogP contribution is -2.40. The summed E-state index contributed by atoms with van der Waals surface area (Å²) in [7, 11) is -2.99. The number of anilines is 3. The van der Waals surface area contributed by atoms with Gasteiger partial charge in [-0.05, 0) is 12.1 Å². The minimum Gasteiger partial charge on any atom is -0.465 e. The molecule has 0 aliphatic carbocycles. The van der Waals surface area contributed by atoms with Crippen molar-refractivity contribution in [1.29, 1.82) is 0 Å². The maximum atomic E-state index is 11.4.